The second kappa shape index (κ2) is 7.08. The second-order valence-electron chi connectivity index (χ2n) is 6.32. The monoisotopic (exact) mass is 373 g/mol. The lowest BCUT2D eigenvalue weighted by molar-refractivity contribution is 0.0941. The zero-order valence-corrected chi connectivity index (χ0v) is 15.2. The number of rotatable bonds is 5. The van der Waals surface area contributed by atoms with Gasteiger partial charge in [0.15, 0.2) is 5.16 Å². The molecule has 0 aliphatic carbocycles. The molecule has 4 rings (SSSR count). The van der Waals surface area contributed by atoms with Gasteiger partial charge in [0.2, 0.25) is 0 Å². The zero-order valence-electron chi connectivity index (χ0n) is 14.3. The lowest BCUT2D eigenvalue weighted by atomic mass is 10.2. The molecular weight excluding hydrogens is 354 g/mol. The van der Waals surface area contributed by atoms with Gasteiger partial charge in [-0.05, 0) is 31.4 Å². The minimum atomic E-state index is -0.245. The van der Waals surface area contributed by atoms with Gasteiger partial charge in [-0.3, -0.25) is 13.8 Å². The Hall–Kier alpha value is -2.39. The normalized spacial score (nSPS) is 17.2. The standard InChI is InChI=1S/C17H19N5O3S/c1-11-4-2-6-21-14(23)8-12(18-15(11)21)10-26-17-20-19-16(24)22(17)9-13-5-3-7-25-13/h2,4,6,8,13H,3,5,7,9-10H2,1H3,(H,19,24)/t13-/m0/s1. The number of ether oxygens (including phenoxy) is 1. The van der Waals surface area contributed by atoms with E-state index in [0.717, 1.165) is 25.0 Å². The fraction of sp³-hybridized carbons (Fsp3) is 0.412. The number of pyridine rings is 1. The molecule has 1 aliphatic rings. The Kier molecular flexibility index (Phi) is 4.64. The molecule has 0 saturated carbocycles. The molecule has 3 aromatic heterocycles. The predicted octanol–water partition coefficient (Wildman–Crippen LogP) is 1.36. The van der Waals surface area contributed by atoms with Crippen molar-refractivity contribution in [2.75, 3.05) is 6.61 Å². The Bertz CT molecular complexity index is 1050. The number of hydrogen-bond acceptors (Lipinski definition) is 6. The predicted molar refractivity (Wildman–Crippen MR) is 97.6 cm³/mol. The Morgan fingerprint density at radius 3 is 3.12 bits per heavy atom. The highest BCUT2D eigenvalue weighted by Gasteiger charge is 2.20. The molecule has 3 aromatic rings. The largest absolute Gasteiger partial charge is 0.376 e. The summed E-state index contributed by atoms with van der Waals surface area (Å²) in [7, 11) is 0. The number of aromatic amines is 1. The van der Waals surface area contributed by atoms with Crippen molar-refractivity contribution in [3.05, 3.63) is 56.5 Å². The fourth-order valence-corrected chi connectivity index (χ4v) is 3.94. The molecule has 0 spiro atoms. The van der Waals surface area contributed by atoms with Gasteiger partial charge in [-0.25, -0.2) is 14.9 Å². The minimum absolute atomic E-state index is 0.0516. The third-order valence-corrected chi connectivity index (χ3v) is 5.43. The van der Waals surface area contributed by atoms with Gasteiger partial charge >= 0.3 is 5.69 Å². The number of aryl methyl sites for hydroxylation is 1. The molecule has 0 aromatic carbocycles. The quantitative estimate of drug-likeness (QED) is 0.679. The van der Waals surface area contributed by atoms with Crippen LogP contribution in [0, 0.1) is 6.92 Å². The summed E-state index contributed by atoms with van der Waals surface area (Å²) in [5, 5.41) is 7.17. The fourth-order valence-electron chi connectivity index (χ4n) is 3.09. The second-order valence-corrected chi connectivity index (χ2v) is 7.26. The maximum absolute atomic E-state index is 12.3. The molecular formula is C17H19N5O3S. The van der Waals surface area contributed by atoms with Gasteiger partial charge in [0.05, 0.1) is 18.3 Å². The Balaban J connectivity index is 1.56. The summed E-state index contributed by atoms with van der Waals surface area (Å²) in [6, 6.07) is 5.27. The molecule has 26 heavy (non-hydrogen) atoms. The summed E-state index contributed by atoms with van der Waals surface area (Å²) < 4.78 is 8.74. The average Bonchev–Trinajstić information content (AvgIpc) is 3.26. The van der Waals surface area contributed by atoms with E-state index < -0.39 is 0 Å². The van der Waals surface area contributed by atoms with Crippen molar-refractivity contribution >= 4 is 17.4 Å². The third kappa shape index (κ3) is 3.32. The lowest BCUT2D eigenvalue weighted by Crippen LogP contribution is -2.25. The van der Waals surface area contributed by atoms with E-state index in [1.807, 2.05) is 19.1 Å². The van der Waals surface area contributed by atoms with E-state index in [4.69, 9.17) is 4.74 Å². The van der Waals surface area contributed by atoms with E-state index in [-0.39, 0.29) is 17.4 Å². The van der Waals surface area contributed by atoms with Gasteiger partial charge in [-0.15, -0.1) is 5.10 Å². The van der Waals surface area contributed by atoms with Crippen LogP contribution in [0.4, 0.5) is 0 Å². The van der Waals surface area contributed by atoms with Crippen LogP contribution in [0.15, 0.2) is 39.1 Å². The van der Waals surface area contributed by atoms with Crippen LogP contribution in [0.2, 0.25) is 0 Å². The van der Waals surface area contributed by atoms with Crippen molar-refractivity contribution in [2.24, 2.45) is 0 Å². The van der Waals surface area contributed by atoms with Gasteiger partial charge in [-0.2, -0.15) is 0 Å². The molecule has 1 saturated heterocycles. The van der Waals surface area contributed by atoms with Crippen LogP contribution >= 0.6 is 11.8 Å². The molecule has 8 nitrogen and oxygen atoms in total. The first-order chi connectivity index (χ1) is 12.6. The van der Waals surface area contributed by atoms with Crippen LogP contribution < -0.4 is 11.2 Å². The van der Waals surface area contributed by atoms with E-state index in [1.54, 1.807) is 10.8 Å². The molecule has 9 heteroatoms. The molecule has 0 unspecified atom stereocenters. The molecule has 1 fully saturated rings. The highest BCUT2D eigenvalue weighted by atomic mass is 32.2. The first kappa shape index (κ1) is 17.0. The van der Waals surface area contributed by atoms with Crippen LogP contribution in [-0.2, 0) is 17.0 Å². The third-order valence-electron chi connectivity index (χ3n) is 4.42. The lowest BCUT2D eigenvalue weighted by Gasteiger charge is -2.11. The summed E-state index contributed by atoms with van der Waals surface area (Å²) in [6.07, 6.45) is 3.73. The Morgan fingerprint density at radius 1 is 1.42 bits per heavy atom. The Morgan fingerprint density at radius 2 is 2.31 bits per heavy atom. The number of nitrogens with zero attached hydrogens (tertiary/aromatic N) is 4. The van der Waals surface area contributed by atoms with Crippen LogP contribution in [0.3, 0.4) is 0 Å². The Labute approximate surface area is 153 Å². The maximum atomic E-state index is 12.3. The summed E-state index contributed by atoms with van der Waals surface area (Å²) in [5.74, 6) is 0.454. The number of aromatic nitrogens is 5. The molecule has 1 aliphatic heterocycles. The van der Waals surface area contributed by atoms with Gasteiger partial charge in [-0.1, -0.05) is 17.8 Å². The number of thioether (sulfide) groups is 1. The SMILES string of the molecule is Cc1cccn2c(=O)cc(CSc3n[nH]c(=O)n3C[C@@H]3CCCO3)nc12. The van der Waals surface area contributed by atoms with Gasteiger partial charge in [0, 0.05) is 24.6 Å². The van der Waals surface area contributed by atoms with Crippen molar-refractivity contribution in [1.29, 1.82) is 0 Å². The number of H-pyrrole nitrogens is 1. The van der Waals surface area contributed by atoms with Gasteiger partial charge in [0.25, 0.3) is 5.56 Å². The first-order valence-corrected chi connectivity index (χ1v) is 9.48. The van der Waals surface area contributed by atoms with Crippen molar-refractivity contribution in [3.8, 4) is 0 Å². The van der Waals surface area contributed by atoms with E-state index >= 15 is 0 Å². The van der Waals surface area contributed by atoms with Crippen LogP contribution in [0.1, 0.15) is 24.1 Å². The number of nitrogens with one attached hydrogen (secondary N) is 1. The van der Waals surface area contributed by atoms with Crippen molar-refractivity contribution < 1.29 is 4.74 Å². The van der Waals surface area contributed by atoms with Crippen LogP contribution in [-0.4, -0.2) is 36.9 Å². The van der Waals surface area contributed by atoms with Crippen molar-refractivity contribution in [3.63, 3.8) is 0 Å². The van der Waals surface area contributed by atoms with Crippen LogP contribution in [0.25, 0.3) is 5.65 Å². The van der Waals surface area contributed by atoms with Crippen molar-refractivity contribution in [1.82, 2.24) is 24.1 Å². The zero-order chi connectivity index (χ0) is 18.1. The summed E-state index contributed by atoms with van der Waals surface area (Å²) >= 11 is 1.38. The molecule has 1 atom stereocenters. The summed E-state index contributed by atoms with van der Waals surface area (Å²) in [6.45, 7) is 3.15. The van der Waals surface area contributed by atoms with E-state index in [9.17, 15) is 9.59 Å². The molecule has 0 amide bonds. The van der Waals surface area contributed by atoms with Gasteiger partial charge in [0.1, 0.15) is 5.65 Å². The highest BCUT2D eigenvalue weighted by Crippen LogP contribution is 2.21. The van der Waals surface area contributed by atoms with Crippen LogP contribution in [0.5, 0.6) is 0 Å². The first-order valence-electron chi connectivity index (χ1n) is 8.49. The minimum Gasteiger partial charge on any atom is -0.376 e. The molecule has 1 N–H and O–H groups in total. The van der Waals surface area contributed by atoms with Crippen molar-refractivity contribution in [2.45, 2.75) is 43.3 Å². The number of hydrogen-bond donors (Lipinski definition) is 1. The van der Waals surface area contributed by atoms with E-state index in [2.05, 4.69) is 15.2 Å². The molecule has 0 radical (unpaired) electrons. The molecule has 136 valence electrons. The molecule has 0 bridgehead atoms. The number of fused-ring (bicyclic) bond motifs is 1. The molecule has 4 heterocycles. The van der Waals surface area contributed by atoms with E-state index in [0.29, 0.717) is 28.8 Å². The smallest absolute Gasteiger partial charge is 0.344 e. The highest BCUT2D eigenvalue weighted by molar-refractivity contribution is 7.98. The maximum Gasteiger partial charge on any atom is 0.344 e. The summed E-state index contributed by atoms with van der Waals surface area (Å²) in [4.78, 5) is 28.9. The average molecular weight is 373 g/mol. The summed E-state index contributed by atoms with van der Waals surface area (Å²) in [5.41, 5.74) is 1.88. The van der Waals surface area contributed by atoms with Gasteiger partial charge < -0.3 is 4.74 Å². The topological polar surface area (TPSA) is 94.3 Å². The van der Waals surface area contributed by atoms with E-state index in [1.165, 1.54) is 22.2 Å².